The Balaban J connectivity index is 1.43. The third-order valence-electron chi connectivity index (χ3n) is 7.14. The SMILES string of the molecule is CC(C)C[C@@H](NC(=O)OCC1c2ccccc2-c2ccccc21)C(=O)NC1(C(=O)O)CCCCC1. The van der Waals surface area contributed by atoms with E-state index in [2.05, 4.69) is 22.8 Å². The number of carboxylic acids is 1. The zero-order valence-electron chi connectivity index (χ0n) is 20.4. The van der Waals surface area contributed by atoms with Crippen LogP contribution in [0.25, 0.3) is 11.1 Å². The summed E-state index contributed by atoms with van der Waals surface area (Å²) < 4.78 is 5.62. The highest BCUT2D eigenvalue weighted by molar-refractivity contribution is 5.91. The molecule has 0 aliphatic heterocycles. The summed E-state index contributed by atoms with van der Waals surface area (Å²) in [7, 11) is 0. The lowest BCUT2D eigenvalue weighted by molar-refractivity contribution is -0.149. The summed E-state index contributed by atoms with van der Waals surface area (Å²) in [5, 5.41) is 15.3. The molecule has 7 heteroatoms. The molecule has 2 amide bonds. The fourth-order valence-electron chi connectivity index (χ4n) is 5.36. The molecule has 0 aromatic heterocycles. The maximum absolute atomic E-state index is 13.1. The van der Waals surface area contributed by atoms with Gasteiger partial charge in [0.1, 0.15) is 18.2 Å². The van der Waals surface area contributed by atoms with Crippen molar-refractivity contribution in [1.82, 2.24) is 10.6 Å². The molecular formula is C28H34N2O5. The van der Waals surface area contributed by atoms with Crippen LogP contribution in [0.2, 0.25) is 0 Å². The number of fused-ring (bicyclic) bond motifs is 3. The second-order valence-corrected chi connectivity index (χ2v) is 10.1. The molecular weight excluding hydrogens is 444 g/mol. The van der Waals surface area contributed by atoms with Crippen LogP contribution in [0.3, 0.4) is 0 Å². The maximum Gasteiger partial charge on any atom is 0.407 e. The van der Waals surface area contributed by atoms with Crippen LogP contribution in [0, 0.1) is 5.92 Å². The minimum Gasteiger partial charge on any atom is -0.480 e. The van der Waals surface area contributed by atoms with Gasteiger partial charge in [-0.05, 0) is 47.4 Å². The topological polar surface area (TPSA) is 105 Å². The van der Waals surface area contributed by atoms with Gasteiger partial charge in [0.2, 0.25) is 5.91 Å². The summed E-state index contributed by atoms with van der Waals surface area (Å²) >= 11 is 0. The summed E-state index contributed by atoms with van der Waals surface area (Å²) in [6.07, 6.45) is 2.95. The van der Waals surface area contributed by atoms with Gasteiger partial charge in [0.25, 0.3) is 0 Å². The Morgan fingerprint density at radius 2 is 1.54 bits per heavy atom. The van der Waals surface area contributed by atoms with Gasteiger partial charge in [0.15, 0.2) is 0 Å². The van der Waals surface area contributed by atoms with Crippen molar-refractivity contribution in [1.29, 1.82) is 0 Å². The predicted molar refractivity (Wildman–Crippen MR) is 133 cm³/mol. The van der Waals surface area contributed by atoms with Crippen molar-refractivity contribution in [3.05, 3.63) is 59.7 Å². The highest BCUT2D eigenvalue weighted by Gasteiger charge is 2.42. The molecule has 0 heterocycles. The smallest absolute Gasteiger partial charge is 0.407 e. The molecule has 0 unspecified atom stereocenters. The summed E-state index contributed by atoms with van der Waals surface area (Å²) in [6, 6.07) is 15.3. The average molecular weight is 479 g/mol. The second kappa shape index (κ2) is 10.5. The predicted octanol–water partition coefficient (Wildman–Crippen LogP) is 4.84. The normalized spacial score (nSPS) is 17.2. The van der Waals surface area contributed by atoms with Crippen molar-refractivity contribution in [3.63, 3.8) is 0 Å². The van der Waals surface area contributed by atoms with E-state index in [0.717, 1.165) is 41.5 Å². The number of alkyl carbamates (subject to hydrolysis) is 1. The zero-order valence-corrected chi connectivity index (χ0v) is 20.4. The van der Waals surface area contributed by atoms with Crippen LogP contribution in [0.4, 0.5) is 4.79 Å². The number of nitrogens with one attached hydrogen (secondary N) is 2. The monoisotopic (exact) mass is 478 g/mol. The van der Waals surface area contributed by atoms with Gasteiger partial charge in [0, 0.05) is 5.92 Å². The molecule has 0 bridgehead atoms. The quantitative estimate of drug-likeness (QED) is 0.503. The molecule has 1 saturated carbocycles. The van der Waals surface area contributed by atoms with Crippen molar-refractivity contribution in [2.75, 3.05) is 6.61 Å². The number of carbonyl (C=O) groups is 3. The number of aliphatic carboxylic acids is 1. The number of hydrogen-bond donors (Lipinski definition) is 3. The minimum atomic E-state index is -1.27. The summed E-state index contributed by atoms with van der Waals surface area (Å²) in [5.41, 5.74) is 3.23. The van der Waals surface area contributed by atoms with Gasteiger partial charge in [-0.2, -0.15) is 0 Å². The zero-order chi connectivity index (χ0) is 25.0. The number of hydrogen-bond acceptors (Lipinski definition) is 4. The molecule has 2 aliphatic rings. The van der Waals surface area contributed by atoms with Crippen molar-refractivity contribution < 1.29 is 24.2 Å². The highest BCUT2D eigenvalue weighted by atomic mass is 16.5. The van der Waals surface area contributed by atoms with E-state index in [1.54, 1.807) is 0 Å². The van der Waals surface area contributed by atoms with Gasteiger partial charge in [-0.25, -0.2) is 9.59 Å². The molecule has 186 valence electrons. The largest absolute Gasteiger partial charge is 0.480 e. The van der Waals surface area contributed by atoms with E-state index in [1.165, 1.54) is 0 Å². The third kappa shape index (κ3) is 5.34. The lowest BCUT2D eigenvalue weighted by Crippen LogP contribution is -2.60. The van der Waals surface area contributed by atoms with Gasteiger partial charge in [-0.3, -0.25) is 4.79 Å². The molecule has 4 rings (SSSR count). The molecule has 35 heavy (non-hydrogen) atoms. The third-order valence-corrected chi connectivity index (χ3v) is 7.14. The van der Waals surface area contributed by atoms with Gasteiger partial charge < -0.3 is 20.5 Å². The van der Waals surface area contributed by atoms with E-state index < -0.39 is 29.6 Å². The summed E-state index contributed by atoms with van der Waals surface area (Å²) in [6.45, 7) is 4.05. The molecule has 0 spiro atoms. The van der Waals surface area contributed by atoms with Gasteiger partial charge in [0.05, 0.1) is 0 Å². The first-order valence-electron chi connectivity index (χ1n) is 12.5. The molecule has 0 radical (unpaired) electrons. The van der Waals surface area contributed by atoms with E-state index >= 15 is 0 Å². The molecule has 1 fully saturated rings. The van der Waals surface area contributed by atoms with Crippen LogP contribution in [0.15, 0.2) is 48.5 Å². The maximum atomic E-state index is 13.1. The summed E-state index contributed by atoms with van der Waals surface area (Å²) in [4.78, 5) is 37.9. The van der Waals surface area contributed by atoms with Crippen LogP contribution in [0.5, 0.6) is 0 Å². The van der Waals surface area contributed by atoms with Crippen molar-refractivity contribution in [3.8, 4) is 11.1 Å². The Labute approximate surface area is 206 Å². The molecule has 0 saturated heterocycles. The number of rotatable bonds is 8. The fraction of sp³-hybridized carbons (Fsp3) is 0.464. The number of carboxylic acid groups (broad SMARTS) is 1. The molecule has 2 aromatic rings. The molecule has 7 nitrogen and oxygen atoms in total. The Morgan fingerprint density at radius 1 is 0.971 bits per heavy atom. The molecule has 3 N–H and O–H groups in total. The van der Waals surface area contributed by atoms with Gasteiger partial charge >= 0.3 is 12.1 Å². The molecule has 2 aliphatic carbocycles. The van der Waals surface area contributed by atoms with Crippen LogP contribution < -0.4 is 10.6 Å². The Hall–Kier alpha value is -3.35. The lowest BCUT2D eigenvalue weighted by atomic mass is 9.81. The van der Waals surface area contributed by atoms with Gasteiger partial charge in [-0.15, -0.1) is 0 Å². The molecule has 1 atom stereocenters. The van der Waals surface area contributed by atoms with E-state index in [0.29, 0.717) is 19.3 Å². The number of ether oxygens (including phenoxy) is 1. The number of carbonyl (C=O) groups excluding carboxylic acids is 2. The Bertz CT molecular complexity index is 1040. The van der Waals surface area contributed by atoms with Crippen molar-refractivity contribution in [2.24, 2.45) is 5.92 Å². The van der Waals surface area contributed by atoms with E-state index in [-0.39, 0.29) is 18.4 Å². The fourth-order valence-corrected chi connectivity index (χ4v) is 5.36. The van der Waals surface area contributed by atoms with Crippen LogP contribution in [-0.4, -0.2) is 41.3 Å². The first kappa shape index (κ1) is 24.8. The first-order valence-corrected chi connectivity index (χ1v) is 12.5. The van der Waals surface area contributed by atoms with Crippen LogP contribution >= 0.6 is 0 Å². The van der Waals surface area contributed by atoms with Crippen LogP contribution in [0.1, 0.15) is 69.4 Å². The number of benzene rings is 2. The van der Waals surface area contributed by atoms with Crippen molar-refractivity contribution >= 4 is 18.0 Å². The standard InChI is InChI=1S/C28H34N2O5/c1-18(2)16-24(25(31)30-28(26(32)33)14-8-3-9-15-28)29-27(34)35-17-23-21-12-6-4-10-19(21)20-11-5-7-13-22(20)23/h4-7,10-13,18,23-24H,3,8-9,14-17H2,1-2H3,(H,29,34)(H,30,31)(H,32,33)/t24-/m1/s1. The summed E-state index contributed by atoms with van der Waals surface area (Å²) in [5.74, 6) is -1.46. The first-order chi connectivity index (χ1) is 16.8. The lowest BCUT2D eigenvalue weighted by Gasteiger charge is -2.35. The van der Waals surface area contributed by atoms with E-state index in [1.807, 2.05) is 50.2 Å². The molecule has 2 aromatic carbocycles. The number of amides is 2. The van der Waals surface area contributed by atoms with Crippen molar-refractivity contribution in [2.45, 2.75) is 69.9 Å². The highest BCUT2D eigenvalue weighted by Crippen LogP contribution is 2.44. The van der Waals surface area contributed by atoms with E-state index in [4.69, 9.17) is 4.74 Å². The Morgan fingerprint density at radius 3 is 2.09 bits per heavy atom. The average Bonchev–Trinajstić information content (AvgIpc) is 3.16. The second-order valence-electron chi connectivity index (χ2n) is 10.1. The minimum absolute atomic E-state index is 0.0805. The Kier molecular flexibility index (Phi) is 7.43. The van der Waals surface area contributed by atoms with E-state index in [9.17, 15) is 19.5 Å². The van der Waals surface area contributed by atoms with Crippen LogP contribution in [-0.2, 0) is 14.3 Å². The van der Waals surface area contributed by atoms with Gasteiger partial charge in [-0.1, -0.05) is 81.6 Å².